The van der Waals surface area contributed by atoms with Crippen molar-refractivity contribution in [1.82, 2.24) is 4.98 Å². The van der Waals surface area contributed by atoms with Gasteiger partial charge >= 0.3 is 5.97 Å². The highest BCUT2D eigenvalue weighted by atomic mass is 32.1. The molecule has 0 aliphatic rings. The van der Waals surface area contributed by atoms with Crippen LogP contribution in [0.5, 0.6) is 0 Å². The van der Waals surface area contributed by atoms with Crippen molar-refractivity contribution in [2.75, 3.05) is 11.9 Å². The first-order chi connectivity index (χ1) is 13.0. The van der Waals surface area contributed by atoms with E-state index >= 15 is 0 Å². The van der Waals surface area contributed by atoms with Gasteiger partial charge in [0.05, 0.1) is 16.1 Å². The van der Waals surface area contributed by atoms with Crippen molar-refractivity contribution in [3.05, 3.63) is 59.2 Å². The van der Waals surface area contributed by atoms with Gasteiger partial charge in [0.15, 0.2) is 11.7 Å². The Bertz CT molecular complexity index is 966. The van der Waals surface area contributed by atoms with Crippen LogP contribution < -0.4 is 5.32 Å². The van der Waals surface area contributed by atoms with Crippen LogP contribution in [-0.2, 0) is 14.3 Å². The second kappa shape index (κ2) is 8.31. The first kappa shape index (κ1) is 19.0. The van der Waals surface area contributed by atoms with Gasteiger partial charge in [0.1, 0.15) is 0 Å². The molecule has 5 nitrogen and oxygen atoms in total. The topological polar surface area (TPSA) is 68.3 Å². The summed E-state index contributed by atoms with van der Waals surface area (Å²) < 4.78 is 6.25. The number of rotatable bonds is 6. The molecule has 0 aliphatic carbocycles. The Morgan fingerprint density at radius 1 is 1.19 bits per heavy atom. The molecule has 27 heavy (non-hydrogen) atoms. The Labute approximate surface area is 162 Å². The van der Waals surface area contributed by atoms with Crippen LogP contribution in [0.2, 0.25) is 0 Å². The number of carbonyl (C=O) groups excluding carboxylic acids is 2. The Morgan fingerprint density at radius 2 is 1.93 bits per heavy atom. The summed E-state index contributed by atoms with van der Waals surface area (Å²) in [5.74, 6) is -1.15. The average molecular weight is 382 g/mol. The van der Waals surface area contributed by atoms with Crippen LogP contribution in [-0.4, -0.2) is 23.5 Å². The maximum atomic E-state index is 12.3. The van der Waals surface area contributed by atoms with Crippen molar-refractivity contribution in [3.63, 3.8) is 0 Å². The lowest BCUT2D eigenvalue weighted by molar-refractivity contribution is -0.149. The molecule has 0 bridgehead atoms. The minimum absolute atomic E-state index is 0.323. The highest BCUT2D eigenvalue weighted by Gasteiger charge is 2.21. The second-order valence-corrected chi connectivity index (χ2v) is 7.51. The Kier molecular flexibility index (Phi) is 5.86. The third-order valence-corrected chi connectivity index (χ3v) is 5.23. The number of benzene rings is 2. The van der Waals surface area contributed by atoms with Gasteiger partial charge in [-0.15, -0.1) is 0 Å². The lowest BCUT2D eigenvalue weighted by Crippen LogP contribution is -2.23. The fourth-order valence-corrected chi connectivity index (χ4v) is 4.10. The van der Waals surface area contributed by atoms with E-state index in [2.05, 4.69) is 16.4 Å². The van der Waals surface area contributed by atoms with E-state index in [1.807, 2.05) is 57.2 Å². The van der Waals surface area contributed by atoms with Crippen molar-refractivity contribution in [1.29, 1.82) is 0 Å². The standard InChI is InChI=1S/C21H22N2O3S/c1-4-16(15-8-6-5-7-9-15)20(25)26-12-18(24)22-21-23-19-14(3)10-13(2)11-17(19)27-21/h5-11,16H,4,12H2,1-3H3,(H,22,23,24)/t16-/m0/s1. The number of esters is 1. The molecule has 0 saturated carbocycles. The highest BCUT2D eigenvalue weighted by Crippen LogP contribution is 2.29. The number of amides is 1. The molecule has 0 radical (unpaired) electrons. The third-order valence-electron chi connectivity index (χ3n) is 4.32. The monoisotopic (exact) mass is 382 g/mol. The van der Waals surface area contributed by atoms with Gasteiger partial charge < -0.3 is 4.74 Å². The summed E-state index contributed by atoms with van der Waals surface area (Å²) in [6.07, 6.45) is 0.612. The molecule has 1 N–H and O–H groups in total. The minimum Gasteiger partial charge on any atom is -0.455 e. The van der Waals surface area contributed by atoms with E-state index in [0.29, 0.717) is 11.6 Å². The van der Waals surface area contributed by atoms with Crippen LogP contribution in [0, 0.1) is 13.8 Å². The third kappa shape index (κ3) is 4.52. The van der Waals surface area contributed by atoms with Crippen molar-refractivity contribution in [2.24, 2.45) is 0 Å². The summed E-state index contributed by atoms with van der Waals surface area (Å²) >= 11 is 1.41. The van der Waals surface area contributed by atoms with Crippen LogP contribution in [0.1, 0.15) is 36.0 Å². The van der Waals surface area contributed by atoms with Crippen LogP contribution >= 0.6 is 11.3 Å². The number of anilines is 1. The zero-order chi connectivity index (χ0) is 19.4. The number of nitrogens with one attached hydrogen (secondary N) is 1. The van der Waals surface area contributed by atoms with Crippen molar-refractivity contribution < 1.29 is 14.3 Å². The van der Waals surface area contributed by atoms with E-state index in [1.54, 1.807) is 0 Å². The predicted molar refractivity (Wildman–Crippen MR) is 108 cm³/mol. The maximum Gasteiger partial charge on any atom is 0.313 e. The number of nitrogens with zero attached hydrogens (tertiary/aromatic N) is 1. The van der Waals surface area contributed by atoms with Crippen molar-refractivity contribution >= 4 is 38.6 Å². The zero-order valence-corrected chi connectivity index (χ0v) is 16.4. The number of ether oxygens (including phenoxy) is 1. The van der Waals surface area contributed by atoms with Gasteiger partial charge in [-0.05, 0) is 43.0 Å². The molecule has 0 unspecified atom stereocenters. The molecule has 140 valence electrons. The van der Waals surface area contributed by atoms with E-state index in [0.717, 1.165) is 26.9 Å². The molecule has 1 amide bonds. The lowest BCUT2D eigenvalue weighted by Gasteiger charge is -2.14. The molecule has 0 saturated heterocycles. The number of aryl methyl sites for hydroxylation is 2. The number of fused-ring (bicyclic) bond motifs is 1. The van der Waals surface area contributed by atoms with Gasteiger partial charge in [0.25, 0.3) is 5.91 Å². The Morgan fingerprint density at radius 3 is 2.63 bits per heavy atom. The zero-order valence-electron chi connectivity index (χ0n) is 15.6. The second-order valence-electron chi connectivity index (χ2n) is 6.47. The fraction of sp³-hybridized carbons (Fsp3) is 0.286. The van der Waals surface area contributed by atoms with E-state index in [1.165, 1.54) is 11.3 Å². The molecule has 0 fully saturated rings. The number of hydrogen-bond acceptors (Lipinski definition) is 5. The van der Waals surface area contributed by atoms with Crippen LogP contribution in [0.3, 0.4) is 0 Å². The lowest BCUT2D eigenvalue weighted by atomic mass is 9.97. The van der Waals surface area contributed by atoms with Crippen LogP contribution in [0.25, 0.3) is 10.2 Å². The van der Waals surface area contributed by atoms with E-state index in [9.17, 15) is 9.59 Å². The first-order valence-electron chi connectivity index (χ1n) is 8.87. The summed E-state index contributed by atoms with van der Waals surface area (Å²) in [5.41, 5.74) is 4.00. The van der Waals surface area contributed by atoms with Gasteiger partial charge in [0, 0.05) is 0 Å². The van der Waals surface area contributed by atoms with E-state index in [4.69, 9.17) is 4.74 Å². The van der Waals surface area contributed by atoms with Gasteiger partial charge in [-0.1, -0.05) is 54.7 Å². The SMILES string of the molecule is CC[C@H](C(=O)OCC(=O)Nc1nc2c(C)cc(C)cc2s1)c1ccccc1. The molecule has 1 atom stereocenters. The number of aromatic nitrogens is 1. The van der Waals surface area contributed by atoms with Crippen molar-refractivity contribution in [3.8, 4) is 0 Å². The van der Waals surface area contributed by atoms with Gasteiger partial charge in [-0.25, -0.2) is 4.98 Å². The number of thiazole rings is 1. The molecule has 1 aromatic heterocycles. The minimum atomic E-state index is -0.394. The summed E-state index contributed by atoms with van der Waals surface area (Å²) in [6, 6.07) is 13.5. The summed E-state index contributed by atoms with van der Waals surface area (Å²) in [4.78, 5) is 29.0. The van der Waals surface area contributed by atoms with E-state index < -0.39 is 5.97 Å². The molecular weight excluding hydrogens is 360 g/mol. The fourth-order valence-electron chi connectivity index (χ4n) is 3.04. The quantitative estimate of drug-likeness (QED) is 0.633. The first-order valence-corrected chi connectivity index (χ1v) is 9.68. The molecule has 1 heterocycles. The Hall–Kier alpha value is -2.73. The van der Waals surface area contributed by atoms with E-state index in [-0.39, 0.29) is 18.4 Å². The molecule has 6 heteroatoms. The maximum absolute atomic E-state index is 12.3. The van der Waals surface area contributed by atoms with Crippen LogP contribution in [0.15, 0.2) is 42.5 Å². The molecular formula is C21H22N2O3S. The van der Waals surface area contributed by atoms with Crippen molar-refractivity contribution in [2.45, 2.75) is 33.1 Å². The van der Waals surface area contributed by atoms with Gasteiger partial charge in [-0.3, -0.25) is 14.9 Å². The largest absolute Gasteiger partial charge is 0.455 e. The molecule has 3 aromatic rings. The molecule has 0 aliphatic heterocycles. The van der Waals surface area contributed by atoms with Gasteiger partial charge in [-0.2, -0.15) is 0 Å². The normalized spacial score (nSPS) is 12.0. The summed E-state index contributed by atoms with van der Waals surface area (Å²) in [7, 11) is 0. The molecule has 0 spiro atoms. The molecule has 3 rings (SSSR count). The predicted octanol–water partition coefficient (Wildman–Crippen LogP) is 4.59. The number of carbonyl (C=O) groups is 2. The molecule has 2 aromatic carbocycles. The number of hydrogen-bond donors (Lipinski definition) is 1. The van der Waals surface area contributed by atoms with Crippen LogP contribution in [0.4, 0.5) is 5.13 Å². The summed E-state index contributed by atoms with van der Waals surface area (Å²) in [6.45, 7) is 5.62. The van der Waals surface area contributed by atoms with Gasteiger partial charge in [0.2, 0.25) is 0 Å². The average Bonchev–Trinajstić information content (AvgIpc) is 3.04. The summed E-state index contributed by atoms with van der Waals surface area (Å²) in [5, 5.41) is 3.23. The Balaban J connectivity index is 1.61. The highest BCUT2D eigenvalue weighted by molar-refractivity contribution is 7.22. The smallest absolute Gasteiger partial charge is 0.313 e.